The molecule has 3 rings (SSSR count). The van der Waals surface area contributed by atoms with E-state index in [1.165, 1.54) is 18.5 Å². The molecule has 0 saturated carbocycles. The van der Waals surface area contributed by atoms with E-state index in [1.54, 1.807) is 0 Å². The van der Waals surface area contributed by atoms with E-state index in [1.807, 2.05) is 38.1 Å². The number of carbonyl (C=O) groups excluding carboxylic acids is 1. The zero-order chi connectivity index (χ0) is 16.6. The molecule has 5 nitrogen and oxygen atoms in total. The standard InChI is InChI=1S/C18H16N2O3/c1-3-20-11(2)16(13-6-4-5-7-15(13)20)17(21)14-10-19-9-8-12(14)18(22)23/h4-10H,3H2,1-2H3,(H,22,23). The number of pyridine rings is 1. The highest BCUT2D eigenvalue weighted by molar-refractivity contribution is 6.20. The monoisotopic (exact) mass is 308 g/mol. The Kier molecular flexibility index (Phi) is 3.70. The lowest BCUT2D eigenvalue weighted by Gasteiger charge is -2.06. The van der Waals surface area contributed by atoms with E-state index < -0.39 is 5.97 Å². The molecule has 5 heteroatoms. The molecule has 0 saturated heterocycles. The van der Waals surface area contributed by atoms with Gasteiger partial charge in [-0.3, -0.25) is 9.78 Å². The molecule has 2 heterocycles. The minimum Gasteiger partial charge on any atom is -0.478 e. The summed E-state index contributed by atoms with van der Waals surface area (Å²) in [6.07, 6.45) is 2.70. The largest absolute Gasteiger partial charge is 0.478 e. The molecule has 0 amide bonds. The van der Waals surface area contributed by atoms with Crippen molar-refractivity contribution in [2.24, 2.45) is 0 Å². The molecule has 2 aromatic heterocycles. The molecule has 0 radical (unpaired) electrons. The fraction of sp³-hybridized carbons (Fsp3) is 0.167. The van der Waals surface area contributed by atoms with Gasteiger partial charge < -0.3 is 9.67 Å². The topological polar surface area (TPSA) is 72.2 Å². The molecule has 0 spiro atoms. The van der Waals surface area contributed by atoms with E-state index in [0.29, 0.717) is 5.56 Å². The van der Waals surface area contributed by atoms with Gasteiger partial charge in [0.2, 0.25) is 0 Å². The molecule has 0 bridgehead atoms. The van der Waals surface area contributed by atoms with Crippen molar-refractivity contribution in [1.82, 2.24) is 9.55 Å². The van der Waals surface area contributed by atoms with Gasteiger partial charge in [0.15, 0.2) is 5.78 Å². The van der Waals surface area contributed by atoms with Crippen molar-refractivity contribution in [3.8, 4) is 0 Å². The van der Waals surface area contributed by atoms with Gasteiger partial charge in [0.1, 0.15) is 0 Å². The van der Waals surface area contributed by atoms with Crippen LogP contribution in [0.25, 0.3) is 10.9 Å². The number of carboxylic acids is 1. The number of para-hydroxylation sites is 1. The Hall–Kier alpha value is -2.95. The van der Waals surface area contributed by atoms with Gasteiger partial charge in [0, 0.05) is 35.5 Å². The van der Waals surface area contributed by atoms with Crippen LogP contribution in [0.3, 0.4) is 0 Å². The van der Waals surface area contributed by atoms with Gasteiger partial charge in [0.05, 0.1) is 16.7 Å². The smallest absolute Gasteiger partial charge is 0.336 e. The lowest BCUT2D eigenvalue weighted by molar-refractivity contribution is 0.0692. The van der Waals surface area contributed by atoms with E-state index >= 15 is 0 Å². The van der Waals surface area contributed by atoms with E-state index in [4.69, 9.17) is 0 Å². The molecule has 0 aliphatic carbocycles. The summed E-state index contributed by atoms with van der Waals surface area (Å²) in [4.78, 5) is 28.3. The average molecular weight is 308 g/mol. The lowest BCUT2D eigenvalue weighted by atomic mass is 9.98. The predicted molar refractivity (Wildman–Crippen MR) is 87.0 cm³/mol. The number of hydrogen-bond acceptors (Lipinski definition) is 3. The predicted octanol–water partition coefficient (Wildman–Crippen LogP) is 3.29. The van der Waals surface area contributed by atoms with Crippen molar-refractivity contribution in [3.63, 3.8) is 0 Å². The number of aryl methyl sites for hydroxylation is 1. The number of carbonyl (C=O) groups is 2. The van der Waals surface area contributed by atoms with Crippen LogP contribution in [0.2, 0.25) is 0 Å². The summed E-state index contributed by atoms with van der Waals surface area (Å²) in [5, 5.41) is 10.1. The van der Waals surface area contributed by atoms with Gasteiger partial charge >= 0.3 is 5.97 Å². The van der Waals surface area contributed by atoms with E-state index in [-0.39, 0.29) is 16.9 Å². The van der Waals surface area contributed by atoms with E-state index in [9.17, 15) is 14.7 Å². The Morgan fingerprint density at radius 3 is 2.61 bits per heavy atom. The second-order valence-electron chi connectivity index (χ2n) is 5.28. The summed E-state index contributed by atoms with van der Waals surface area (Å²) in [6, 6.07) is 9.00. The normalized spacial score (nSPS) is 10.9. The molecule has 116 valence electrons. The minimum absolute atomic E-state index is 0.0299. The summed E-state index contributed by atoms with van der Waals surface area (Å²) < 4.78 is 2.05. The van der Waals surface area contributed by atoms with E-state index in [0.717, 1.165) is 23.1 Å². The molecule has 1 aromatic carbocycles. The van der Waals surface area contributed by atoms with Crippen molar-refractivity contribution in [2.75, 3.05) is 0 Å². The first-order chi connectivity index (χ1) is 11.1. The summed E-state index contributed by atoms with van der Waals surface area (Å²) in [6.45, 7) is 4.63. The molecule has 0 atom stereocenters. The Bertz CT molecular complexity index is 925. The maximum Gasteiger partial charge on any atom is 0.336 e. The van der Waals surface area contributed by atoms with Gasteiger partial charge in [-0.2, -0.15) is 0 Å². The fourth-order valence-corrected chi connectivity index (χ4v) is 3.02. The number of aromatic nitrogens is 2. The maximum atomic E-state index is 13.0. The quantitative estimate of drug-likeness (QED) is 0.751. The molecule has 0 unspecified atom stereocenters. The van der Waals surface area contributed by atoms with E-state index in [2.05, 4.69) is 9.55 Å². The summed E-state index contributed by atoms with van der Waals surface area (Å²) in [5.41, 5.74) is 2.42. The summed E-state index contributed by atoms with van der Waals surface area (Å²) in [7, 11) is 0. The number of ketones is 1. The molecule has 3 aromatic rings. The van der Waals surface area contributed by atoms with Gasteiger partial charge in [-0.1, -0.05) is 18.2 Å². The van der Waals surface area contributed by atoms with Crippen LogP contribution in [-0.4, -0.2) is 26.4 Å². The van der Waals surface area contributed by atoms with Gasteiger partial charge in [0.25, 0.3) is 0 Å². The maximum absolute atomic E-state index is 13.0. The van der Waals surface area contributed by atoms with Crippen LogP contribution in [0.15, 0.2) is 42.7 Å². The second kappa shape index (κ2) is 5.68. The van der Waals surface area contributed by atoms with Crippen LogP contribution in [-0.2, 0) is 6.54 Å². The van der Waals surface area contributed by atoms with Crippen LogP contribution in [0.5, 0.6) is 0 Å². The number of benzene rings is 1. The minimum atomic E-state index is -1.13. The average Bonchev–Trinajstić information content (AvgIpc) is 2.85. The first kappa shape index (κ1) is 15.0. The Labute approximate surface area is 133 Å². The first-order valence-electron chi connectivity index (χ1n) is 7.36. The third-order valence-electron chi connectivity index (χ3n) is 4.07. The zero-order valence-electron chi connectivity index (χ0n) is 12.9. The van der Waals surface area contributed by atoms with Crippen LogP contribution in [0, 0.1) is 6.92 Å². The highest BCUT2D eigenvalue weighted by atomic mass is 16.4. The number of nitrogens with zero attached hydrogens (tertiary/aromatic N) is 2. The number of hydrogen-bond donors (Lipinski definition) is 1. The van der Waals surface area contributed by atoms with Gasteiger partial charge in [-0.25, -0.2) is 4.79 Å². The third kappa shape index (κ3) is 2.30. The van der Waals surface area contributed by atoms with Crippen molar-refractivity contribution < 1.29 is 14.7 Å². The summed E-state index contributed by atoms with van der Waals surface area (Å²) >= 11 is 0. The number of rotatable bonds is 4. The molecule has 0 aliphatic rings. The van der Waals surface area contributed by atoms with Crippen LogP contribution in [0.4, 0.5) is 0 Å². The Morgan fingerprint density at radius 1 is 1.17 bits per heavy atom. The van der Waals surface area contributed by atoms with Crippen LogP contribution in [0.1, 0.15) is 38.9 Å². The molecular formula is C18H16N2O3. The lowest BCUT2D eigenvalue weighted by Crippen LogP contribution is -2.11. The molecule has 23 heavy (non-hydrogen) atoms. The molecule has 0 aliphatic heterocycles. The second-order valence-corrected chi connectivity index (χ2v) is 5.28. The molecule has 1 N–H and O–H groups in total. The highest BCUT2D eigenvalue weighted by Gasteiger charge is 2.24. The highest BCUT2D eigenvalue weighted by Crippen LogP contribution is 2.28. The zero-order valence-corrected chi connectivity index (χ0v) is 12.9. The molecular weight excluding hydrogens is 292 g/mol. The Morgan fingerprint density at radius 2 is 1.91 bits per heavy atom. The van der Waals surface area contributed by atoms with Crippen LogP contribution >= 0.6 is 0 Å². The van der Waals surface area contributed by atoms with Gasteiger partial charge in [-0.05, 0) is 26.0 Å². The van der Waals surface area contributed by atoms with Crippen molar-refractivity contribution in [2.45, 2.75) is 20.4 Å². The first-order valence-corrected chi connectivity index (χ1v) is 7.36. The Balaban J connectivity index is 2.28. The number of carboxylic acid groups (broad SMARTS) is 1. The van der Waals surface area contributed by atoms with Crippen molar-refractivity contribution >= 4 is 22.7 Å². The number of aromatic carboxylic acids is 1. The fourth-order valence-electron chi connectivity index (χ4n) is 3.02. The van der Waals surface area contributed by atoms with Crippen LogP contribution < -0.4 is 0 Å². The molecule has 0 fully saturated rings. The number of fused-ring (bicyclic) bond motifs is 1. The van der Waals surface area contributed by atoms with Crippen molar-refractivity contribution in [1.29, 1.82) is 0 Å². The summed E-state index contributed by atoms with van der Waals surface area (Å²) in [5.74, 6) is -1.44. The van der Waals surface area contributed by atoms with Crippen molar-refractivity contribution in [3.05, 3.63) is 65.1 Å². The van der Waals surface area contributed by atoms with Gasteiger partial charge in [-0.15, -0.1) is 0 Å². The third-order valence-corrected chi connectivity index (χ3v) is 4.07. The SMILES string of the molecule is CCn1c(C)c(C(=O)c2cnccc2C(=O)O)c2ccccc21.